The summed E-state index contributed by atoms with van der Waals surface area (Å²) in [4.78, 5) is 15.3. The molecule has 0 bridgehead atoms. The van der Waals surface area contributed by atoms with Crippen LogP contribution in [0.25, 0.3) is 0 Å². The Bertz CT molecular complexity index is 303. The molecule has 0 atom stereocenters. The van der Waals surface area contributed by atoms with Crippen LogP contribution in [0.4, 0.5) is 0 Å². The smallest absolute Gasteiger partial charge is 0.269 e. The second-order valence-corrected chi connectivity index (χ2v) is 3.20. The van der Waals surface area contributed by atoms with E-state index < -0.39 is 0 Å². The summed E-state index contributed by atoms with van der Waals surface area (Å²) in [5, 5.41) is 2.63. The van der Waals surface area contributed by atoms with E-state index >= 15 is 0 Å². The Labute approximate surface area is 84.7 Å². The van der Waals surface area contributed by atoms with Gasteiger partial charge in [-0.05, 0) is 28.1 Å². The highest BCUT2D eigenvalue weighted by Crippen LogP contribution is 2.05. The number of amides is 1. The summed E-state index contributed by atoms with van der Waals surface area (Å²) in [6, 6.07) is 5.17. The Morgan fingerprint density at radius 3 is 3.00 bits per heavy atom. The van der Waals surface area contributed by atoms with Crippen molar-refractivity contribution in [1.82, 2.24) is 10.3 Å². The number of nitrogens with two attached hydrogens (primary N) is 1. The number of hydrogen-bond acceptors (Lipinski definition) is 3. The molecular formula is C8H10BrN3O. The molecule has 0 unspecified atom stereocenters. The molecule has 0 spiro atoms. The van der Waals surface area contributed by atoms with Crippen LogP contribution in [-0.4, -0.2) is 24.0 Å². The van der Waals surface area contributed by atoms with Crippen molar-refractivity contribution >= 4 is 21.8 Å². The van der Waals surface area contributed by atoms with Gasteiger partial charge in [-0.25, -0.2) is 4.98 Å². The van der Waals surface area contributed by atoms with E-state index in [1.165, 1.54) is 0 Å². The summed E-state index contributed by atoms with van der Waals surface area (Å²) in [7, 11) is 0. The van der Waals surface area contributed by atoms with Crippen LogP contribution in [0.5, 0.6) is 0 Å². The molecule has 0 saturated heterocycles. The summed E-state index contributed by atoms with van der Waals surface area (Å²) < 4.78 is 0.646. The van der Waals surface area contributed by atoms with E-state index in [4.69, 9.17) is 5.73 Å². The fourth-order valence-electron chi connectivity index (χ4n) is 0.811. The van der Waals surface area contributed by atoms with E-state index in [9.17, 15) is 4.79 Å². The first-order valence-electron chi connectivity index (χ1n) is 3.85. The molecule has 0 aliphatic carbocycles. The number of carbonyl (C=O) groups is 1. The largest absolute Gasteiger partial charge is 0.349 e. The van der Waals surface area contributed by atoms with E-state index in [2.05, 4.69) is 26.2 Å². The first-order chi connectivity index (χ1) is 6.24. The lowest BCUT2D eigenvalue weighted by atomic mass is 10.3. The van der Waals surface area contributed by atoms with Gasteiger partial charge in [0.15, 0.2) is 0 Å². The summed E-state index contributed by atoms with van der Waals surface area (Å²) in [5.41, 5.74) is 5.63. The van der Waals surface area contributed by atoms with Gasteiger partial charge in [0, 0.05) is 13.1 Å². The molecule has 13 heavy (non-hydrogen) atoms. The first kappa shape index (κ1) is 10.1. The molecule has 5 heteroatoms. The molecule has 1 rings (SSSR count). The highest BCUT2D eigenvalue weighted by Gasteiger charge is 2.05. The zero-order valence-corrected chi connectivity index (χ0v) is 8.54. The quantitative estimate of drug-likeness (QED) is 0.762. The molecule has 0 aromatic carbocycles. The van der Waals surface area contributed by atoms with E-state index in [0.29, 0.717) is 23.4 Å². The van der Waals surface area contributed by atoms with Crippen LogP contribution >= 0.6 is 15.9 Å². The zero-order chi connectivity index (χ0) is 9.68. The van der Waals surface area contributed by atoms with Gasteiger partial charge >= 0.3 is 0 Å². The molecule has 70 valence electrons. The summed E-state index contributed by atoms with van der Waals surface area (Å²) in [6.45, 7) is 0.896. The Morgan fingerprint density at radius 2 is 2.38 bits per heavy atom. The summed E-state index contributed by atoms with van der Waals surface area (Å²) >= 11 is 3.18. The molecule has 0 saturated carbocycles. The second kappa shape index (κ2) is 4.94. The molecule has 0 aliphatic rings. The molecular weight excluding hydrogens is 234 g/mol. The third-order valence-electron chi connectivity index (χ3n) is 1.38. The molecule has 0 aliphatic heterocycles. The van der Waals surface area contributed by atoms with Crippen molar-refractivity contribution in [3.8, 4) is 0 Å². The summed E-state index contributed by atoms with van der Waals surface area (Å²) in [6.07, 6.45) is 0. The van der Waals surface area contributed by atoms with Crippen molar-refractivity contribution in [2.24, 2.45) is 5.73 Å². The van der Waals surface area contributed by atoms with Gasteiger partial charge in [-0.1, -0.05) is 6.07 Å². The van der Waals surface area contributed by atoms with E-state index in [1.807, 2.05) is 0 Å². The van der Waals surface area contributed by atoms with Crippen molar-refractivity contribution in [1.29, 1.82) is 0 Å². The first-order valence-corrected chi connectivity index (χ1v) is 4.64. The highest BCUT2D eigenvalue weighted by molar-refractivity contribution is 9.10. The molecule has 3 N–H and O–H groups in total. The van der Waals surface area contributed by atoms with E-state index in [1.54, 1.807) is 18.2 Å². The predicted molar refractivity (Wildman–Crippen MR) is 53.3 cm³/mol. The van der Waals surface area contributed by atoms with E-state index in [-0.39, 0.29) is 5.91 Å². The van der Waals surface area contributed by atoms with Crippen molar-refractivity contribution in [3.05, 3.63) is 28.5 Å². The topological polar surface area (TPSA) is 68.0 Å². The van der Waals surface area contributed by atoms with Crippen LogP contribution in [0.1, 0.15) is 10.5 Å². The van der Waals surface area contributed by atoms with Crippen LogP contribution in [0.15, 0.2) is 22.8 Å². The standard InChI is InChI=1S/C8H10BrN3O/c9-7-3-1-2-6(12-7)8(13)11-5-4-10/h1-3H,4-5,10H2,(H,11,13). The predicted octanol–water partition coefficient (Wildman–Crippen LogP) is 0.533. The van der Waals surface area contributed by atoms with Crippen molar-refractivity contribution in [2.75, 3.05) is 13.1 Å². The molecule has 1 aromatic heterocycles. The number of nitrogens with zero attached hydrogens (tertiary/aromatic N) is 1. The number of pyridine rings is 1. The Hall–Kier alpha value is -0.940. The number of carbonyl (C=O) groups excluding carboxylic acids is 1. The number of aromatic nitrogens is 1. The molecule has 1 amide bonds. The average molecular weight is 244 g/mol. The Balaban J connectivity index is 2.66. The van der Waals surface area contributed by atoms with E-state index in [0.717, 1.165) is 0 Å². The van der Waals surface area contributed by atoms with Gasteiger partial charge in [0.2, 0.25) is 0 Å². The fourth-order valence-corrected chi connectivity index (χ4v) is 1.15. The van der Waals surface area contributed by atoms with Crippen molar-refractivity contribution < 1.29 is 4.79 Å². The molecule has 0 fully saturated rings. The highest BCUT2D eigenvalue weighted by atomic mass is 79.9. The number of rotatable bonds is 3. The fraction of sp³-hybridized carbons (Fsp3) is 0.250. The van der Waals surface area contributed by atoms with Gasteiger partial charge in [-0.15, -0.1) is 0 Å². The number of nitrogens with one attached hydrogen (secondary N) is 1. The van der Waals surface area contributed by atoms with Crippen LogP contribution in [-0.2, 0) is 0 Å². The van der Waals surface area contributed by atoms with Gasteiger partial charge in [0.25, 0.3) is 5.91 Å². The zero-order valence-electron chi connectivity index (χ0n) is 6.96. The average Bonchev–Trinajstić information content (AvgIpc) is 2.14. The monoisotopic (exact) mass is 243 g/mol. The van der Waals surface area contributed by atoms with Crippen LogP contribution in [0.3, 0.4) is 0 Å². The maximum atomic E-state index is 11.3. The lowest BCUT2D eigenvalue weighted by molar-refractivity contribution is 0.0949. The van der Waals surface area contributed by atoms with Crippen molar-refractivity contribution in [3.63, 3.8) is 0 Å². The van der Waals surface area contributed by atoms with Crippen LogP contribution in [0, 0.1) is 0 Å². The third kappa shape index (κ3) is 3.12. The number of halogens is 1. The molecule has 4 nitrogen and oxygen atoms in total. The minimum atomic E-state index is -0.202. The van der Waals surface area contributed by atoms with Crippen LogP contribution < -0.4 is 11.1 Å². The molecule has 1 aromatic rings. The normalized spacial score (nSPS) is 9.69. The summed E-state index contributed by atoms with van der Waals surface area (Å²) in [5.74, 6) is -0.202. The SMILES string of the molecule is NCCNC(=O)c1cccc(Br)n1. The lowest BCUT2D eigenvalue weighted by Crippen LogP contribution is -2.29. The maximum Gasteiger partial charge on any atom is 0.269 e. The minimum Gasteiger partial charge on any atom is -0.349 e. The Morgan fingerprint density at radius 1 is 1.62 bits per heavy atom. The van der Waals surface area contributed by atoms with Gasteiger partial charge in [-0.3, -0.25) is 4.79 Å². The molecule has 1 heterocycles. The van der Waals surface area contributed by atoms with Gasteiger partial charge < -0.3 is 11.1 Å². The van der Waals surface area contributed by atoms with Crippen molar-refractivity contribution in [2.45, 2.75) is 0 Å². The van der Waals surface area contributed by atoms with Gasteiger partial charge in [0.05, 0.1) is 0 Å². The van der Waals surface area contributed by atoms with Crippen LogP contribution in [0.2, 0.25) is 0 Å². The minimum absolute atomic E-state index is 0.202. The van der Waals surface area contributed by atoms with Gasteiger partial charge in [-0.2, -0.15) is 0 Å². The Kier molecular flexibility index (Phi) is 3.85. The number of hydrogen-bond donors (Lipinski definition) is 2. The van der Waals surface area contributed by atoms with Gasteiger partial charge in [0.1, 0.15) is 10.3 Å². The lowest BCUT2D eigenvalue weighted by Gasteiger charge is -2.02. The second-order valence-electron chi connectivity index (χ2n) is 2.39. The molecule has 0 radical (unpaired) electrons. The maximum absolute atomic E-state index is 11.3. The third-order valence-corrected chi connectivity index (χ3v) is 1.82.